The molecule has 2 heterocycles. The molecule has 2 atom stereocenters. The third-order valence-electron chi connectivity index (χ3n) is 4.76. The lowest BCUT2D eigenvalue weighted by molar-refractivity contribution is -0.141. The largest absolute Gasteiger partial charge is 0.356 e. The second-order valence-electron chi connectivity index (χ2n) is 6.42. The van der Waals surface area contributed by atoms with Gasteiger partial charge in [-0.05, 0) is 24.5 Å². The summed E-state index contributed by atoms with van der Waals surface area (Å²) in [6, 6.07) is 11.5. The molecule has 1 N–H and O–H groups in total. The Hall–Kier alpha value is -2.63. The molecule has 0 spiro atoms. The van der Waals surface area contributed by atoms with E-state index in [1.807, 2.05) is 47.3 Å². The Labute approximate surface area is 147 Å². The lowest BCUT2D eigenvalue weighted by atomic mass is 9.84. The Morgan fingerprint density at radius 3 is 2.80 bits per heavy atom. The monoisotopic (exact) mass is 340 g/mol. The van der Waals surface area contributed by atoms with Gasteiger partial charge in [0.15, 0.2) is 0 Å². The molecule has 1 fully saturated rings. The Morgan fingerprint density at radius 1 is 1.28 bits per heavy atom. The molecule has 1 aromatic carbocycles. The maximum atomic E-state index is 12.7. The number of carbonyl (C=O) groups excluding carboxylic acids is 2. The van der Waals surface area contributed by atoms with E-state index in [1.165, 1.54) is 0 Å². The fraction of sp³-hybridized carbons (Fsp3) is 0.421. The minimum Gasteiger partial charge on any atom is -0.356 e. The molecule has 1 aliphatic heterocycles. The van der Waals surface area contributed by atoms with Crippen molar-refractivity contribution in [1.82, 2.24) is 20.0 Å². The summed E-state index contributed by atoms with van der Waals surface area (Å²) >= 11 is 0. The molecule has 132 valence electrons. The Bertz CT molecular complexity index is 699. The third kappa shape index (κ3) is 4.07. The summed E-state index contributed by atoms with van der Waals surface area (Å²) in [6.45, 7) is 1.38. The third-order valence-corrected chi connectivity index (χ3v) is 4.76. The van der Waals surface area contributed by atoms with Crippen LogP contribution in [0.3, 0.4) is 0 Å². The van der Waals surface area contributed by atoms with Gasteiger partial charge in [-0.25, -0.2) is 0 Å². The van der Waals surface area contributed by atoms with Gasteiger partial charge < -0.3 is 10.2 Å². The molecule has 0 radical (unpaired) electrons. The second kappa shape index (κ2) is 7.96. The number of benzene rings is 1. The van der Waals surface area contributed by atoms with Gasteiger partial charge in [0, 0.05) is 39.0 Å². The SMILES string of the molecule is CN1C(=O)CC[C@@H](C(=O)NCCCn2cccn2)[C@@H]1c1ccccc1. The lowest BCUT2D eigenvalue weighted by Crippen LogP contribution is -2.46. The number of carbonyl (C=O) groups is 2. The first kappa shape index (κ1) is 17.2. The molecule has 1 saturated heterocycles. The van der Waals surface area contributed by atoms with E-state index in [4.69, 9.17) is 0 Å². The number of aromatic nitrogens is 2. The highest BCUT2D eigenvalue weighted by Crippen LogP contribution is 2.35. The summed E-state index contributed by atoms with van der Waals surface area (Å²) in [4.78, 5) is 26.6. The summed E-state index contributed by atoms with van der Waals surface area (Å²) in [7, 11) is 1.79. The maximum Gasteiger partial charge on any atom is 0.225 e. The minimum atomic E-state index is -0.213. The van der Waals surface area contributed by atoms with E-state index < -0.39 is 0 Å². The number of amides is 2. The summed E-state index contributed by atoms with van der Waals surface area (Å²) in [5, 5.41) is 7.18. The van der Waals surface area contributed by atoms with E-state index in [9.17, 15) is 9.59 Å². The minimum absolute atomic E-state index is 0.0219. The van der Waals surface area contributed by atoms with Gasteiger partial charge >= 0.3 is 0 Å². The zero-order valence-electron chi connectivity index (χ0n) is 14.5. The van der Waals surface area contributed by atoms with Crippen LogP contribution in [0, 0.1) is 5.92 Å². The number of hydrogen-bond donors (Lipinski definition) is 1. The molecule has 6 heteroatoms. The molecule has 1 aliphatic rings. The van der Waals surface area contributed by atoms with Crippen LogP contribution in [0.2, 0.25) is 0 Å². The molecule has 0 saturated carbocycles. The Balaban J connectivity index is 1.61. The van der Waals surface area contributed by atoms with Crippen LogP contribution in [-0.4, -0.2) is 40.1 Å². The van der Waals surface area contributed by atoms with Crippen LogP contribution in [-0.2, 0) is 16.1 Å². The molecule has 0 aliphatic carbocycles. The van der Waals surface area contributed by atoms with E-state index in [2.05, 4.69) is 10.4 Å². The average molecular weight is 340 g/mol. The highest BCUT2D eigenvalue weighted by atomic mass is 16.2. The number of nitrogens with one attached hydrogen (secondary N) is 1. The lowest BCUT2D eigenvalue weighted by Gasteiger charge is -2.38. The average Bonchev–Trinajstić information content (AvgIpc) is 3.15. The summed E-state index contributed by atoms with van der Waals surface area (Å²) in [6.07, 6.45) is 5.50. The van der Waals surface area contributed by atoms with Gasteiger partial charge in [0.1, 0.15) is 0 Å². The first-order chi connectivity index (χ1) is 12.2. The van der Waals surface area contributed by atoms with Crippen molar-refractivity contribution in [3.63, 3.8) is 0 Å². The van der Waals surface area contributed by atoms with Gasteiger partial charge in [-0.15, -0.1) is 0 Å². The number of rotatable bonds is 6. The van der Waals surface area contributed by atoms with Crippen molar-refractivity contribution in [2.75, 3.05) is 13.6 Å². The number of aryl methyl sites for hydroxylation is 1. The maximum absolute atomic E-state index is 12.7. The molecule has 2 aromatic rings. The van der Waals surface area contributed by atoms with Crippen molar-refractivity contribution in [3.05, 3.63) is 54.4 Å². The standard InChI is InChI=1S/C19H24N4O2/c1-22-17(24)10-9-16(18(22)15-7-3-2-4-8-15)19(25)20-11-5-13-23-14-6-12-21-23/h2-4,6-8,12,14,16,18H,5,9-11,13H2,1H3,(H,20,25)/t16-,18+/m1/s1. The van der Waals surface area contributed by atoms with E-state index in [-0.39, 0.29) is 23.8 Å². The summed E-state index contributed by atoms with van der Waals surface area (Å²) < 4.78 is 1.85. The van der Waals surface area contributed by atoms with E-state index in [1.54, 1.807) is 18.1 Å². The summed E-state index contributed by atoms with van der Waals surface area (Å²) in [5.74, 6) is -0.0972. The molecule has 0 unspecified atom stereocenters. The van der Waals surface area contributed by atoms with Gasteiger partial charge in [-0.3, -0.25) is 14.3 Å². The highest BCUT2D eigenvalue weighted by Gasteiger charge is 2.38. The number of nitrogens with zero attached hydrogens (tertiary/aromatic N) is 3. The van der Waals surface area contributed by atoms with E-state index >= 15 is 0 Å². The number of likely N-dealkylation sites (tertiary alicyclic amines) is 1. The van der Waals surface area contributed by atoms with E-state index in [0.717, 1.165) is 18.5 Å². The van der Waals surface area contributed by atoms with Gasteiger partial charge in [0.05, 0.1) is 12.0 Å². The van der Waals surface area contributed by atoms with Crippen molar-refractivity contribution < 1.29 is 9.59 Å². The van der Waals surface area contributed by atoms with Crippen molar-refractivity contribution in [1.29, 1.82) is 0 Å². The Morgan fingerprint density at radius 2 is 2.08 bits per heavy atom. The molecular formula is C19H24N4O2. The Kier molecular flexibility index (Phi) is 5.48. The predicted octanol–water partition coefficient (Wildman–Crippen LogP) is 2.00. The summed E-state index contributed by atoms with van der Waals surface area (Å²) in [5.41, 5.74) is 1.01. The van der Waals surface area contributed by atoms with Crippen LogP contribution in [0.4, 0.5) is 0 Å². The molecule has 6 nitrogen and oxygen atoms in total. The van der Waals surface area contributed by atoms with Gasteiger partial charge in [0.2, 0.25) is 11.8 Å². The highest BCUT2D eigenvalue weighted by molar-refractivity contribution is 5.84. The molecular weight excluding hydrogens is 316 g/mol. The van der Waals surface area contributed by atoms with Crippen molar-refractivity contribution >= 4 is 11.8 Å². The number of hydrogen-bond acceptors (Lipinski definition) is 3. The van der Waals surface area contributed by atoms with E-state index in [0.29, 0.717) is 19.4 Å². The smallest absolute Gasteiger partial charge is 0.225 e. The van der Waals surface area contributed by atoms with Crippen LogP contribution in [0.1, 0.15) is 30.9 Å². The predicted molar refractivity (Wildman–Crippen MR) is 94.5 cm³/mol. The topological polar surface area (TPSA) is 67.2 Å². The van der Waals surface area contributed by atoms with Gasteiger partial charge in [-0.1, -0.05) is 30.3 Å². The fourth-order valence-corrected chi connectivity index (χ4v) is 3.44. The van der Waals surface area contributed by atoms with Crippen molar-refractivity contribution in [3.8, 4) is 0 Å². The molecule has 25 heavy (non-hydrogen) atoms. The second-order valence-corrected chi connectivity index (χ2v) is 6.42. The van der Waals surface area contributed by atoms with Gasteiger partial charge in [0.25, 0.3) is 0 Å². The van der Waals surface area contributed by atoms with Crippen LogP contribution < -0.4 is 5.32 Å². The fourth-order valence-electron chi connectivity index (χ4n) is 3.44. The molecule has 1 aromatic heterocycles. The van der Waals surface area contributed by atoms with Gasteiger partial charge in [-0.2, -0.15) is 5.10 Å². The van der Waals surface area contributed by atoms with Crippen LogP contribution >= 0.6 is 0 Å². The molecule has 3 rings (SSSR count). The van der Waals surface area contributed by atoms with Crippen molar-refractivity contribution in [2.45, 2.75) is 31.8 Å². The quantitative estimate of drug-likeness (QED) is 0.818. The normalized spacial score (nSPS) is 20.5. The van der Waals surface area contributed by atoms with Crippen LogP contribution in [0.5, 0.6) is 0 Å². The number of piperidine rings is 1. The van der Waals surface area contributed by atoms with Crippen molar-refractivity contribution in [2.24, 2.45) is 5.92 Å². The molecule has 0 bridgehead atoms. The first-order valence-electron chi connectivity index (χ1n) is 8.72. The zero-order chi connectivity index (χ0) is 17.6. The van der Waals surface area contributed by atoms with Crippen LogP contribution in [0.15, 0.2) is 48.8 Å². The van der Waals surface area contributed by atoms with Crippen LogP contribution in [0.25, 0.3) is 0 Å². The zero-order valence-corrected chi connectivity index (χ0v) is 14.5. The first-order valence-corrected chi connectivity index (χ1v) is 8.72. The molecule has 2 amide bonds.